The number of aromatic nitrogens is 1. The molecule has 20 heavy (non-hydrogen) atoms. The van der Waals surface area contributed by atoms with E-state index in [0.29, 0.717) is 23.0 Å². The van der Waals surface area contributed by atoms with E-state index in [0.717, 1.165) is 11.3 Å². The van der Waals surface area contributed by atoms with Crippen LogP contribution in [0.25, 0.3) is 0 Å². The molecule has 1 aromatic carbocycles. The molecule has 2 rings (SSSR count). The Morgan fingerprint density at radius 3 is 2.75 bits per heavy atom. The van der Waals surface area contributed by atoms with Crippen molar-refractivity contribution in [2.75, 3.05) is 12.4 Å². The summed E-state index contributed by atoms with van der Waals surface area (Å²) in [7, 11) is 1.68. The SMILES string of the molecule is Cc1cc(CN(C)C(=O)Nc2ccc(C)c(Cl)c2)on1. The van der Waals surface area contributed by atoms with Gasteiger partial charge in [0.15, 0.2) is 5.76 Å². The molecule has 0 aliphatic carbocycles. The normalized spacial score (nSPS) is 10.4. The highest BCUT2D eigenvalue weighted by molar-refractivity contribution is 6.31. The molecule has 2 amide bonds. The Balaban J connectivity index is 1.98. The largest absolute Gasteiger partial charge is 0.359 e. The van der Waals surface area contributed by atoms with Crippen LogP contribution in [-0.4, -0.2) is 23.1 Å². The molecule has 0 saturated carbocycles. The van der Waals surface area contributed by atoms with Crippen LogP contribution in [0.3, 0.4) is 0 Å². The molecule has 0 atom stereocenters. The number of hydrogen-bond acceptors (Lipinski definition) is 3. The lowest BCUT2D eigenvalue weighted by molar-refractivity contribution is 0.214. The standard InChI is InChI=1S/C14H16ClN3O2/c1-9-4-5-11(7-13(9)15)16-14(19)18(3)8-12-6-10(2)17-20-12/h4-7H,8H2,1-3H3,(H,16,19). The zero-order chi connectivity index (χ0) is 14.7. The third-order valence-electron chi connectivity index (χ3n) is 2.84. The average molecular weight is 294 g/mol. The first-order valence-corrected chi connectivity index (χ1v) is 6.54. The van der Waals surface area contributed by atoms with Gasteiger partial charge in [-0.05, 0) is 31.5 Å². The number of rotatable bonds is 3. The van der Waals surface area contributed by atoms with Crippen LogP contribution >= 0.6 is 11.6 Å². The van der Waals surface area contributed by atoms with E-state index in [1.807, 2.05) is 26.0 Å². The molecular weight excluding hydrogens is 278 g/mol. The summed E-state index contributed by atoms with van der Waals surface area (Å²) in [5, 5.41) is 7.18. The first-order valence-electron chi connectivity index (χ1n) is 6.16. The molecule has 0 aliphatic heterocycles. The van der Waals surface area contributed by atoms with E-state index in [2.05, 4.69) is 10.5 Å². The van der Waals surface area contributed by atoms with Gasteiger partial charge in [-0.25, -0.2) is 4.79 Å². The minimum absolute atomic E-state index is 0.237. The summed E-state index contributed by atoms with van der Waals surface area (Å²) >= 11 is 6.02. The minimum atomic E-state index is -0.237. The molecule has 0 bridgehead atoms. The molecule has 6 heteroatoms. The topological polar surface area (TPSA) is 58.4 Å². The first-order chi connectivity index (χ1) is 9.45. The smallest absolute Gasteiger partial charge is 0.321 e. The number of nitrogens with zero attached hydrogens (tertiary/aromatic N) is 2. The third-order valence-corrected chi connectivity index (χ3v) is 3.25. The summed E-state index contributed by atoms with van der Waals surface area (Å²) in [6.07, 6.45) is 0. The molecule has 0 unspecified atom stereocenters. The number of anilines is 1. The molecular formula is C14H16ClN3O2. The number of benzene rings is 1. The van der Waals surface area contributed by atoms with E-state index >= 15 is 0 Å². The van der Waals surface area contributed by atoms with Crippen LogP contribution < -0.4 is 5.32 Å². The van der Waals surface area contributed by atoms with E-state index < -0.39 is 0 Å². The molecule has 1 aromatic heterocycles. The molecule has 1 heterocycles. The maximum Gasteiger partial charge on any atom is 0.321 e. The van der Waals surface area contributed by atoms with Crippen molar-refractivity contribution in [1.29, 1.82) is 0 Å². The van der Waals surface area contributed by atoms with Gasteiger partial charge in [-0.1, -0.05) is 22.8 Å². The zero-order valence-electron chi connectivity index (χ0n) is 11.6. The molecule has 106 valence electrons. The van der Waals surface area contributed by atoms with Gasteiger partial charge in [0.25, 0.3) is 0 Å². The maximum atomic E-state index is 12.0. The molecule has 0 aliphatic rings. The molecule has 0 fully saturated rings. The second-order valence-corrected chi connectivity index (χ2v) is 5.09. The van der Waals surface area contributed by atoms with E-state index in [4.69, 9.17) is 16.1 Å². The van der Waals surface area contributed by atoms with Crippen LogP contribution in [-0.2, 0) is 6.54 Å². The van der Waals surface area contributed by atoms with Crippen LogP contribution in [0.15, 0.2) is 28.8 Å². The molecule has 2 aromatic rings. The highest BCUT2D eigenvalue weighted by atomic mass is 35.5. The van der Waals surface area contributed by atoms with Crippen molar-refractivity contribution in [1.82, 2.24) is 10.1 Å². The van der Waals surface area contributed by atoms with Gasteiger partial charge < -0.3 is 14.7 Å². The number of amides is 2. The summed E-state index contributed by atoms with van der Waals surface area (Å²) in [6.45, 7) is 4.10. The van der Waals surface area contributed by atoms with Crippen molar-refractivity contribution >= 4 is 23.3 Å². The van der Waals surface area contributed by atoms with Crippen LogP contribution in [0.1, 0.15) is 17.0 Å². The number of nitrogens with one attached hydrogen (secondary N) is 1. The third kappa shape index (κ3) is 3.51. The number of carbonyl (C=O) groups excluding carboxylic acids is 1. The Kier molecular flexibility index (Phi) is 4.29. The Hall–Kier alpha value is -2.01. The predicted octanol–water partition coefficient (Wildman–Crippen LogP) is 3.61. The fourth-order valence-electron chi connectivity index (χ4n) is 1.69. The van der Waals surface area contributed by atoms with Crippen molar-refractivity contribution in [3.05, 3.63) is 46.3 Å². The highest BCUT2D eigenvalue weighted by Gasteiger charge is 2.12. The highest BCUT2D eigenvalue weighted by Crippen LogP contribution is 2.20. The molecule has 1 N–H and O–H groups in total. The average Bonchev–Trinajstić information content (AvgIpc) is 2.79. The Morgan fingerprint density at radius 2 is 2.15 bits per heavy atom. The Labute approximate surface area is 122 Å². The number of carbonyl (C=O) groups is 1. The van der Waals surface area contributed by atoms with Crippen LogP contribution in [0.2, 0.25) is 5.02 Å². The summed E-state index contributed by atoms with van der Waals surface area (Å²) in [6, 6.07) is 6.95. The number of hydrogen-bond donors (Lipinski definition) is 1. The van der Waals surface area contributed by atoms with Gasteiger partial charge in [0, 0.05) is 23.8 Å². The second-order valence-electron chi connectivity index (χ2n) is 4.68. The minimum Gasteiger partial charge on any atom is -0.359 e. The fraction of sp³-hybridized carbons (Fsp3) is 0.286. The van der Waals surface area contributed by atoms with Crippen LogP contribution in [0, 0.1) is 13.8 Å². The monoisotopic (exact) mass is 293 g/mol. The Bertz CT molecular complexity index is 625. The second kappa shape index (κ2) is 5.96. The maximum absolute atomic E-state index is 12.0. The lowest BCUT2D eigenvalue weighted by Crippen LogP contribution is -2.30. The van der Waals surface area contributed by atoms with Gasteiger partial charge in [0.1, 0.15) is 0 Å². The van der Waals surface area contributed by atoms with E-state index in [-0.39, 0.29) is 6.03 Å². The summed E-state index contributed by atoms with van der Waals surface area (Å²) < 4.78 is 5.08. The molecule has 0 spiro atoms. The molecule has 0 saturated heterocycles. The first kappa shape index (κ1) is 14.4. The lowest BCUT2D eigenvalue weighted by Gasteiger charge is -2.16. The van der Waals surface area contributed by atoms with E-state index in [1.54, 1.807) is 19.2 Å². The number of halogens is 1. The van der Waals surface area contributed by atoms with Gasteiger partial charge in [0.2, 0.25) is 0 Å². The number of aryl methyl sites for hydroxylation is 2. The zero-order valence-corrected chi connectivity index (χ0v) is 12.4. The number of urea groups is 1. The van der Waals surface area contributed by atoms with Crippen molar-refractivity contribution in [2.45, 2.75) is 20.4 Å². The van der Waals surface area contributed by atoms with Gasteiger partial charge in [-0.3, -0.25) is 0 Å². The predicted molar refractivity (Wildman–Crippen MR) is 77.9 cm³/mol. The van der Waals surface area contributed by atoms with Gasteiger partial charge in [0.05, 0.1) is 12.2 Å². The fourth-order valence-corrected chi connectivity index (χ4v) is 1.87. The van der Waals surface area contributed by atoms with Crippen LogP contribution in [0.4, 0.5) is 10.5 Å². The van der Waals surface area contributed by atoms with Gasteiger partial charge >= 0.3 is 6.03 Å². The van der Waals surface area contributed by atoms with Gasteiger partial charge in [-0.2, -0.15) is 0 Å². The summed E-state index contributed by atoms with van der Waals surface area (Å²) in [5.41, 5.74) is 2.42. The summed E-state index contributed by atoms with van der Waals surface area (Å²) in [5.74, 6) is 0.641. The van der Waals surface area contributed by atoms with Crippen molar-refractivity contribution in [3.63, 3.8) is 0 Å². The van der Waals surface area contributed by atoms with E-state index in [9.17, 15) is 4.79 Å². The van der Waals surface area contributed by atoms with Crippen molar-refractivity contribution < 1.29 is 9.32 Å². The quantitative estimate of drug-likeness (QED) is 0.940. The molecule has 5 nitrogen and oxygen atoms in total. The van der Waals surface area contributed by atoms with Crippen molar-refractivity contribution in [3.8, 4) is 0 Å². The summed E-state index contributed by atoms with van der Waals surface area (Å²) in [4.78, 5) is 13.5. The van der Waals surface area contributed by atoms with E-state index in [1.165, 1.54) is 4.90 Å². The van der Waals surface area contributed by atoms with Crippen LogP contribution in [0.5, 0.6) is 0 Å². The molecule has 0 radical (unpaired) electrons. The van der Waals surface area contributed by atoms with Gasteiger partial charge in [-0.15, -0.1) is 0 Å². The Morgan fingerprint density at radius 1 is 1.40 bits per heavy atom. The lowest BCUT2D eigenvalue weighted by atomic mass is 10.2. The van der Waals surface area contributed by atoms with Crippen molar-refractivity contribution in [2.24, 2.45) is 0 Å².